The van der Waals surface area contributed by atoms with Gasteiger partial charge in [-0.1, -0.05) is 18.6 Å². The van der Waals surface area contributed by atoms with Crippen molar-refractivity contribution in [1.29, 1.82) is 0 Å². The summed E-state index contributed by atoms with van der Waals surface area (Å²) in [6.45, 7) is 4.16. The van der Waals surface area contributed by atoms with Gasteiger partial charge in [0.15, 0.2) is 0 Å². The summed E-state index contributed by atoms with van der Waals surface area (Å²) in [4.78, 5) is 16.0. The Morgan fingerprint density at radius 3 is 2.68 bits per heavy atom. The first-order valence-corrected chi connectivity index (χ1v) is 10.4. The smallest absolute Gasteiger partial charge is 0.251 e. The second kappa shape index (κ2) is 7.11. The molecule has 0 bridgehead atoms. The van der Waals surface area contributed by atoms with Gasteiger partial charge < -0.3 is 4.98 Å². The minimum Gasteiger partial charge on any atom is -0.322 e. The van der Waals surface area contributed by atoms with Crippen LogP contribution >= 0.6 is 11.3 Å². The monoisotopic (exact) mass is 376 g/mol. The Kier molecular flexibility index (Phi) is 5.08. The van der Waals surface area contributed by atoms with E-state index in [9.17, 15) is 13.2 Å². The van der Waals surface area contributed by atoms with Gasteiger partial charge in [-0.05, 0) is 55.5 Å². The Balaban J connectivity index is 1.74. The Hall–Kier alpha value is -1.96. The van der Waals surface area contributed by atoms with Crippen molar-refractivity contribution in [2.24, 2.45) is 0 Å². The van der Waals surface area contributed by atoms with Crippen molar-refractivity contribution in [3.8, 4) is 0 Å². The molecule has 132 valence electrons. The molecule has 0 spiro atoms. The lowest BCUT2D eigenvalue weighted by molar-refractivity contribution is 0.583. The number of pyridine rings is 1. The van der Waals surface area contributed by atoms with Gasteiger partial charge in [0, 0.05) is 22.5 Å². The Bertz CT molecular complexity index is 1070. The van der Waals surface area contributed by atoms with Crippen molar-refractivity contribution in [2.75, 3.05) is 6.54 Å². The number of aromatic amines is 1. The molecular formula is C18H20N2O3S2. The van der Waals surface area contributed by atoms with Crippen LogP contribution in [0.5, 0.6) is 0 Å². The SMILES string of the molecule is CCc1ccc(S(=O)(=O)NCCc2cc3cc(C)ccc3[nH]c2=O)s1. The van der Waals surface area contributed by atoms with E-state index < -0.39 is 10.0 Å². The van der Waals surface area contributed by atoms with Crippen LogP contribution in [0.3, 0.4) is 0 Å². The molecule has 1 aromatic carbocycles. The standard InChI is InChI=1S/C18H20N2O3S2/c1-3-15-5-7-17(24-15)25(22,23)19-9-8-13-11-14-10-12(2)4-6-16(14)20-18(13)21/h4-7,10-11,19H,3,8-9H2,1-2H3,(H,20,21). The predicted molar refractivity (Wildman–Crippen MR) is 102 cm³/mol. The van der Waals surface area contributed by atoms with E-state index in [1.807, 2.05) is 44.2 Å². The largest absolute Gasteiger partial charge is 0.322 e. The summed E-state index contributed by atoms with van der Waals surface area (Å²) in [6, 6.07) is 11.1. The fourth-order valence-electron chi connectivity index (χ4n) is 2.64. The highest BCUT2D eigenvalue weighted by atomic mass is 32.2. The maximum Gasteiger partial charge on any atom is 0.251 e. The molecule has 25 heavy (non-hydrogen) atoms. The Morgan fingerprint density at radius 2 is 1.96 bits per heavy atom. The molecule has 0 atom stereocenters. The second-order valence-corrected chi connectivity index (χ2v) is 9.10. The van der Waals surface area contributed by atoms with Crippen LogP contribution in [0.4, 0.5) is 0 Å². The van der Waals surface area contributed by atoms with E-state index in [2.05, 4.69) is 9.71 Å². The van der Waals surface area contributed by atoms with Gasteiger partial charge in [0.2, 0.25) is 10.0 Å². The molecule has 2 heterocycles. The zero-order valence-corrected chi connectivity index (χ0v) is 15.8. The third-order valence-corrected chi connectivity index (χ3v) is 7.20. The van der Waals surface area contributed by atoms with Gasteiger partial charge in [-0.25, -0.2) is 13.1 Å². The van der Waals surface area contributed by atoms with Crippen molar-refractivity contribution in [3.05, 3.63) is 62.8 Å². The lowest BCUT2D eigenvalue weighted by Gasteiger charge is -2.06. The molecule has 0 aliphatic heterocycles. The summed E-state index contributed by atoms with van der Waals surface area (Å²) in [5.74, 6) is 0. The van der Waals surface area contributed by atoms with Crippen molar-refractivity contribution >= 4 is 32.3 Å². The fourth-order valence-corrected chi connectivity index (χ4v) is 5.01. The van der Waals surface area contributed by atoms with Crippen LogP contribution < -0.4 is 10.3 Å². The van der Waals surface area contributed by atoms with Crippen LogP contribution in [0.1, 0.15) is 22.9 Å². The number of hydrogen-bond donors (Lipinski definition) is 2. The Morgan fingerprint density at radius 1 is 1.16 bits per heavy atom. The number of hydrogen-bond acceptors (Lipinski definition) is 4. The molecule has 0 aliphatic rings. The number of aromatic nitrogens is 1. The van der Waals surface area contributed by atoms with Crippen LogP contribution in [-0.4, -0.2) is 19.9 Å². The molecule has 2 aromatic heterocycles. The molecule has 5 nitrogen and oxygen atoms in total. The maximum absolute atomic E-state index is 12.3. The summed E-state index contributed by atoms with van der Waals surface area (Å²) in [5.41, 5.74) is 2.28. The lowest BCUT2D eigenvalue weighted by atomic mass is 10.1. The molecule has 3 aromatic rings. The van der Waals surface area contributed by atoms with E-state index in [1.165, 1.54) is 11.3 Å². The van der Waals surface area contributed by atoms with Crippen LogP contribution in [-0.2, 0) is 22.9 Å². The second-order valence-electron chi connectivity index (χ2n) is 5.94. The number of thiophene rings is 1. The van der Waals surface area contributed by atoms with Gasteiger partial charge in [0.05, 0.1) is 0 Å². The molecule has 0 aliphatic carbocycles. The number of nitrogens with one attached hydrogen (secondary N) is 2. The Labute approximate surface area is 150 Å². The molecule has 3 rings (SSSR count). The average molecular weight is 377 g/mol. The van der Waals surface area contributed by atoms with Crippen molar-refractivity contribution in [2.45, 2.75) is 30.9 Å². The normalized spacial score (nSPS) is 11.9. The highest BCUT2D eigenvalue weighted by Crippen LogP contribution is 2.21. The quantitative estimate of drug-likeness (QED) is 0.694. The predicted octanol–water partition coefficient (Wildman–Crippen LogP) is 2.98. The number of fused-ring (bicyclic) bond motifs is 1. The fraction of sp³-hybridized carbons (Fsp3) is 0.278. The van der Waals surface area contributed by atoms with E-state index in [1.54, 1.807) is 6.07 Å². The number of aryl methyl sites for hydroxylation is 2. The molecular weight excluding hydrogens is 356 g/mol. The van der Waals surface area contributed by atoms with Crippen molar-refractivity contribution < 1.29 is 8.42 Å². The van der Waals surface area contributed by atoms with Crippen LogP contribution in [0.25, 0.3) is 10.9 Å². The molecule has 2 N–H and O–H groups in total. The first kappa shape index (κ1) is 17.8. The number of benzene rings is 1. The first-order valence-electron chi connectivity index (χ1n) is 8.10. The van der Waals surface area contributed by atoms with E-state index in [0.717, 1.165) is 27.8 Å². The lowest BCUT2D eigenvalue weighted by Crippen LogP contribution is -2.27. The van der Waals surface area contributed by atoms with Gasteiger partial charge >= 0.3 is 0 Å². The summed E-state index contributed by atoms with van der Waals surface area (Å²) >= 11 is 1.27. The first-order chi connectivity index (χ1) is 11.9. The van der Waals surface area contributed by atoms with Crippen LogP contribution in [0.15, 0.2) is 45.4 Å². The molecule has 0 amide bonds. The maximum atomic E-state index is 12.3. The number of H-pyrrole nitrogens is 1. The number of rotatable bonds is 6. The van der Waals surface area contributed by atoms with Crippen LogP contribution in [0, 0.1) is 6.92 Å². The summed E-state index contributed by atoms with van der Waals surface area (Å²) in [6.07, 6.45) is 1.15. The zero-order chi connectivity index (χ0) is 18.0. The molecule has 0 fully saturated rings. The number of sulfonamides is 1. The molecule has 0 radical (unpaired) electrons. The average Bonchev–Trinajstić information content (AvgIpc) is 3.05. The third kappa shape index (κ3) is 4.00. The third-order valence-electron chi connectivity index (χ3n) is 4.01. The van der Waals surface area contributed by atoms with Crippen LogP contribution in [0.2, 0.25) is 0 Å². The molecule has 0 unspecified atom stereocenters. The molecule has 7 heteroatoms. The summed E-state index contributed by atoms with van der Waals surface area (Å²) in [7, 11) is -3.53. The summed E-state index contributed by atoms with van der Waals surface area (Å²) in [5, 5.41) is 0.948. The molecule has 0 saturated heterocycles. The highest BCUT2D eigenvalue weighted by Gasteiger charge is 2.16. The topological polar surface area (TPSA) is 79.0 Å². The molecule has 0 saturated carbocycles. The van der Waals surface area contributed by atoms with E-state index in [4.69, 9.17) is 0 Å². The minimum absolute atomic E-state index is 0.181. The van der Waals surface area contributed by atoms with Gasteiger partial charge in [0.1, 0.15) is 4.21 Å². The van der Waals surface area contributed by atoms with E-state index in [-0.39, 0.29) is 12.1 Å². The van der Waals surface area contributed by atoms with E-state index >= 15 is 0 Å². The van der Waals surface area contributed by atoms with Gasteiger partial charge in [-0.3, -0.25) is 4.79 Å². The van der Waals surface area contributed by atoms with Crippen molar-refractivity contribution in [1.82, 2.24) is 9.71 Å². The van der Waals surface area contributed by atoms with Crippen molar-refractivity contribution in [3.63, 3.8) is 0 Å². The van der Waals surface area contributed by atoms with E-state index in [0.29, 0.717) is 16.2 Å². The summed E-state index contributed by atoms with van der Waals surface area (Å²) < 4.78 is 27.5. The highest BCUT2D eigenvalue weighted by molar-refractivity contribution is 7.91. The zero-order valence-electron chi connectivity index (χ0n) is 14.1. The van der Waals surface area contributed by atoms with Gasteiger partial charge in [-0.15, -0.1) is 11.3 Å². The van der Waals surface area contributed by atoms with Gasteiger partial charge in [0.25, 0.3) is 5.56 Å². The minimum atomic E-state index is -3.53. The van der Waals surface area contributed by atoms with Gasteiger partial charge in [-0.2, -0.15) is 0 Å².